The normalized spacial score (nSPS) is 19.0. The predicted octanol–water partition coefficient (Wildman–Crippen LogP) is 2.33. The van der Waals surface area contributed by atoms with Gasteiger partial charge in [0.1, 0.15) is 5.03 Å². The van der Waals surface area contributed by atoms with E-state index >= 15 is 0 Å². The third kappa shape index (κ3) is 3.46. The molecule has 1 fully saturated rings. The van der Waals surface area contributed by atoms with Crippen LogP contribution in [-0.4, -0.2) is 28.7 Å². The van der Waals surface area contributed by atoms with Crippen molar-refractivity contribution in [1.29, 1.82) is 0 Å². The molecule has 19 heavy (non-hydrogen) atoms. The fourth-order valence-electron chi connectivity index (χ4n) is 2.51. The lowest BCUT2D eigenvalue weighted by Gasteiger charge is -2.15. The molecule has 2 N–H and O–H groups in total. The van der Waals surface area contributed by atoms with Gasteiger partial charge in [0.15, 0.2) is 0 Å². The zero-order valence-electron chi connectivity index (χ0n) is 11.8. The van der Waals surface area contributed by atoms with E-state index in [-0.39, 0.29) is 0 Å². The number of aromatic nitrogens is 2. The van der Waals surface area contributed by atoms with Crippen LogP contribution in [0.5, 0.6) is 0 Å². The highest BCUT2D eigenvalue weighted by molar-refractivity contribution is 7.99. The number of aryl methyl sites for hydroxylation is 1. The summed E-state index contributed by atoms with van der Waals surface area (Å²) < 4.78 is 5.65. The summed E-state index contributed by atoms with van der Waals surface area (Å²) in [6.07, 6.45) is 4.59. The molecule has 0 aromatic carbocycles. The maximum absolute atomic E-state index is 5.92. The smallest absolute Gasteiger partial charge is 0.124 e. The summed E-state index contributed by atoms with van der Waals surface area (Å²) in [4.78, 5) is 0. The zero-order valence-corrected chi connectivity index (χ0v) is 12.6. The van der Waals surface area contributed by atoms with E-state index in [4.69, 9.17) is 10.5 Å². The Balaban J connectivity index is 2.14. The molecule has 0 spiro atoms. The van der Waals surface area contributed by atoms with Crippen LogP contribution in [0.2, 0.25) is 0 Å². The van der Waals surface area contributed by atoms with Crippen LogP contribution in [0.15, 0.2) is 5.03 Å². The first-order chi connectivity index (χ1) is 9.30. The first kappa shape index (κ1) is 14.8. The van der Waals surface area contributed by atoms with Crippen molar-refractivity contribution in [1.82, 2.24) is 10.2 Å². The first-order valence-electron chi connectivity index (χ1n) is 7.11. The number of nitrogens with zero attached hydrogens (tertiary/aromatic N) is 2. The molecule has 4 nitrogen and oxygen atoms in total. The van der Waals surface area contributed by atoms with Crippen LogP contribution < -0.4 is 5.73 Å². The van der Waals surface area contributed by atoms with E-state index in [1.165, 1.54) is 17.5 Å². The Hall–Kier alpha value is -0.650. The Morgan fingerprint density at radius 2 is 2.11 bits per heavy atom. The van der Waals surface area contributed by atoms with Crippen molar-refractivity contribution in [3.05, 3.63) is 16.8 Å². The van der Waals surface area contributed by atoms with E-state index in [0.29, 0.717) is 12.6 Å². The lowest BCUT2D eigenvalue weighted by atomic mass is 10.0. The van der Waals surface area contributed by atoms with Crippen molar-refractivity contribution in [2.45, 2.75) is 57.2 Å². The van der Waals surface area contributed by atoms with E-state index in [2.05, 4.69) is 24.0 Å². The third-order valence-electron chi connectivity index (χ3n) is 3.55. The average Bonchev–Trinajstić information content (AvgIpc) is 2.96. The maximum Gasteiger partial charge on any atom is 0.124 e. The predicted molar refractivity (Wildman–Crippen MR) is 78.4 cm³/mol. The van der Waals surface area contributed by atoms with Crippen LogP contribution in [0, 0.1) is 0 Å². The van der Waals surface area contributed by atoms with Gasteiger partial charge in [-0.05, 0) is 31.2 Å². The van der Waals surface area contributed by atoms with Gasteiger partial charge in [-0.3, -0.25) is 0 Å². The molecule has 1 aromatic rings. The van der Waals surface area contributed by atoms with E-state index in [9.17, 15) is 0 Å². The van der Waals surface area contributed by atoms with Gasteiger partial charge in [0, 0.05) is 24.5 Å². The summed E-state index contributed by atoms with van der Waals surface area (Å²) in [5.41, 5.74) is 9.47. The second kappa shape index (κ2) is 7.22. The van der Waals surface area contributed by atoms with Gasteiger partial charge in [0.2, 0.25) is 0 Å². The number of ether oxygens (including phenoxy) is 1. The second-order valence-electron chi connectivity index (χ2n) is 4.77. The molecule has 0 bridgehead atoms. The zero-order chi connectivity index (χ0) is 13.7. The Morgan fingerprint density at radius 1 is 1.26 bits per heavy atom. The van der Waals surface area contributed by atoms with E-state index in [0.717, 1.165) is 42.3 Å². The minimum atomic E-state index is 0.369. The van der Waals surface area contributed by atoms with Crippen LogP contribution in [0.25, 0.3) is 0 Å². The van der Waals surface area contributed by atoms with Crippen LogP contribution in [0.4, 0.5) is 0 Å². The summed E-state index contributed by atoms with van der Waals surface area (Å²) in [7, 11) is 0. The molecule has 2 rings (SSSR count). The minimum absolute atomic E-state index is 0.369. The highest BCUT2D eigenvalue weighted by Crippen LogP contribution is 2.27. The van der Waals surface area contributed by atoms with Crippen molar-refractivity contribution < 1.29 is 4.74 Å². The fourth-order valence-corrected chi connectivity index (χ4v) is 3.59. The fraction of sp³-hybridized carbons (Fsp3) is 0.714. The summed E-state index contributed by atoms with van der Waals surface area (Å²) >= 11 is 1.74. The number of thioether (sulfide) groups is 1. The molecule has 5 heteroatoms. The van der Waals surface area contributed by atoms with Crippen LogP contribution >= 0.6 is 11.8 Å². The molecule has 1 atom stereocenters. The van der Waals surface area contributed by atoms with Crippen molar-refractivity contribution in [3.63, 3.8) is 0 Å². The maximum atomic E-state index is 5.92. The summed E-state index contributed by atoms with van der Waals surface area (Å²) in [5, 5.41) is 9.71. The number of rotatable bonds is 6. The van der Waals surface area contributed by atoms with E-state index < -0.39 is 0 Å². The minimum Gasteiger partial charge on any atom is -0.377 e. The quantitative estimate of drug-likeness (QED) is 0.811. The van der Waals surface area contributed by atoms with E-state index in [1.54, 1.807) is 11.8 Å². The molecular formula is C14H23N3OS. The summed E-state index contributed by atoms with van der Waals surface area (Å²) in [6.45, 7) is 5.71. The Morgan fingerprint density at radius 3 is 2.68 bits per heavy atom. The van der Waals surface area contributed by atoms with Gasteiger partial charge in [-0.25, -0.2) is 0 Å². The molecule has 0 aliphatic carbocycles. The Labute approximate surface area is 119 Å². The SMILES string of the molecule is CCc1nnc(SCC2CCCO2)c(CN)c1CC. The highest BCUT2D eigenvalue weighted by Gasteiger charge is 2.18. The molecular weight excluding hydrogens is 258 g/mol. The van der Waals surface area contributed by atoms with Gasteiger partial charge in [0.05, 0.1) is 11.8 Å². The molecule has 1 aliphatic heterocycles. The largest absolute Gasteiger partial charge is 0.377 e. The molecule has 0 amide bonds. The molecule has 1 saturated heterocycles. The van der Waals surface area contributed by atoms with Crippen molar-refractivity contribution in [2.24, 2.45) is 5.73 Å². The molecule has 1 aromatic heterocycles. The topological polar surface area (TPSA) is 61.0 Å². The molecule has 1 unspecified atom stereocenters. The van der Waals surface area contributed by atoms with Crippen LogP contribution in [0.1, 0.15) is 43.5 Å². The molecule has 0 radical (unpaired) electrons. The van der Waals surface area contributed by atoms with Crippen molar-refractivity contribution in [3.8, 4) is 0 Å². The molecule has 106 valence electrons. The monoisotopic (exact) mass is 281 g/mol. The highest BCUT2D eigenvalue weighted by atomic mass is 32.2. The Kier molecular flexibility index (Phi) is 5.60. The van der Waals surface area contributed by atoms with Crippen molar-refractivity contribution in [2.75, 3.05) is 12.4 Å². The summed E-state index contributed by atoms with van der Waals surface area (Å²) in [5.74, 6) is 0.955. The van der Waals surface area contributed by atoms with Gasteiger partial charge in [0.25, 0.3) is 0 Å². The third-order valence-corrected chi connectivity index (χ3v) is 4.69. The van der Waals surface area contributed by atoms with E-state index in [1.807, 2.05) is 0 Å². The number of nitrogens with two attached hydrogens (primary N) is 1. The van der Waals surface area contributed by atoms with Crippen molar-refractivity contribution >= 4 is 11.8 Å². The second-order valence-corrected chi connectivity index (χ2v) is 5.77. The van der Waals surface area contributed by atoms with Gasteiger partial charge < -0.3 is 10.5 Å². The van der Waals surface area contributed by atoms with Crippen LogP contribution in [-0.2, 0) is 24.1 Å². The van der Waals surface area contributed by atoms with Gasteiger partial charge in [-0.15, -0.1) is 16.9 Å². The Bertz CT molecular complexity index is 419. The van der Waals surface area contributed by atoms with Gasteiger partial charge >= 0.3 is 0 Å². The first-order valence-corrected chi connectivity index (χ1v) is 8.10. The summed E-state index contributed by atoms with van der Waals surface area (Å²) in [6, 6.07) is 0. The lowest BCUT2D eigenvalue weighted by Crippen LogP contribution is -2.13. The van der Waals surface area contributed by atoms with Gasteiger partial charge in [-0.1, -0.05) is 13.8 Å². The number of hydrogen-bond acceptors (Lipinski definition) is 5. The molecule has 0 saturated carbocycles. The number of hydrogen-bond donors (Lipinski definition) is 1. The average molecular weight is 281 g/mol. The van der Waals surface area contributed by atoms with Gasteiger partial charge in [-0.2, -0.15) is 5.10 Å². The lowest BCUT2D eigenvalue weighted by molar-refractivity contribution is 0.129. The standard InChI is InChI=1S/C14H23N3OS/c1-3-11-12(8-15)14(17-16-13(11)4-2)19-9-10-6-5-7-18-10/h10H,3-9,15H2,1-2H3. The molecule has 1 aliphatic rings. The molecule has 2 heterocycles. The van der Waals surface area contributed by atoms with Crippen LogP contribution in [0.3, 0.4) is 0 Å².